The zero-order chi connectivity index (χ0) is 16.2. The fourth-order valence-electron chi connectivity index (χ4n) is 3.16. The smallest absolute Gasteiger partial charge is 0.315 e. The predicted octanol–water partition coefficient (Wildman–Crippen LogP) is 1.98. The summed E-state index contributed by atoms with van der Waals surface area (Å²) < 4.78 is 12.8. The fraction of sp³-hybridized carbons (Fsp3) is 0.500. The molecule has 0 radical (unpaired) electrons. The Balaban J connectivity index is 1.45. The molecule has 3 atom stereocenters. The molecule has 1 aliphatic heterocycles. The molecule has 2 aliphatic rings. The molecule has 1 saturated heterocycles. The van der Waals surface area contributed by atoms with Crippen LogP contribution in [0.3, 0.4) is 0 Å². The van der Waals surface area contributed by atoms with E-state index >= 15 is 0 Å². The summed E-state index contributed by atoms with van der Waals surface area (Å²) in [4.78, 5) is 23.6. The van der Waals surface area contributed by atoms with Crippen LogP contribution >= 0.6 is 11.8 Å². The van der Waals surface area contributed by atoms with Gasteiger partial charge in [0.1, 0.15) is 5.82 Å². The maximum atomic E-state index is 12.8. The quantitative estimate of drug-likeness (QED) is 0.769. The van der Waals surface area contributed by atoms with E-state index in [0.29, 0.717) is 18.2 Å². The summed E-state index contributed by atoms with van der Waals surface area (Å²) in [7, 11) is 0. The third kappa shape index (κ3) is 4.16. The number of carbonyl (C=O) groups is 2. The Labute approximate surface area is 138 Å². The lowest BCUT2D eigenvalue weighted by Gasteiger charge is -2.34. The van der Waals surface area contributed by atoms with E-state index in [4.69, 9.17) is 0 Å². The molecule has 1 aromatic carbocycles. The number of rotatable bonds is 5. The Morgan fingerprint density at radius 1 is 1.26 bits per heavy atom. The number of urea groups is 1. The minimum absolute atomic E-state index is 0.00665. The van der Waals surface area contributed by atoms with E-state index in [1.54, 1.807) is 12.1 Å². The second-order valence-corrected chi connectivity index (χ2v) is 7.08. The lowest BCUT2D eigenvalue weighted by Crippen LogP contribution is -2.57. The van der Waals surface area contributed by atoms with Gasteiger partial charge in [-0.05, 0) is 30.5 Å². The van der Waals surface area contributed by atoms with Crippen molar-refractivity contribution in [2.24, 2.45) is 5.92 Å². The molecule has 1 heterocycles. The Bertz CT molecular complexity index is 581. The SMILES string of the molecule is O=C(CSC1NC(=O)NC2CCCC21)NCc1ccc(F)cc1. The molecule has 23 heavy (non-hydrogen) atoms. The van der Waals surface area contributed by atoms with E-state index in [0.717, 1.165) is 24.8 Å². The molecular formula is C16H20FN3O2S. The van der Waals surface area contributed by atoms with Crippen molar-refractivity contribution in [3.8, 4) is 0 Å². The van der Waals surface area contributed by atoms with Gasteiger partial charge in [0.15, 0.2) is 0 Å². The van der Waals surface area contributed by atoms with E-state index in [1.807, 2.05) is 0 Å². The number of hydrogen-bond donors (Lipinski definition) is 3. The zero-order valence-electron chi connectivity index (χ0n) is 12.7. The first-order valence-electron chi connectivity index (χ1n) is 7.81. The molecule has 1 aromatic rings. The van der Waals surface area contributed by atoms with Gasteiger partial charge in [0.05, 0.1) is 11.1 Å². The van der Waals surface area contributed by atoms with Crippen molar-refractivity contribution in [3.05, 3.63) is 35.6 Å². The second kappa shape index (κ2) is 7.21. The van der Waals surface area contributed by atoms with Crippen molar-refractivity contribution in [1.29, 1.82) is 0 Å². The highest BCUT2D eigenvalue weighted by atomic mass is 32.2. The van der Waals surface area contributed by atoms with Crippen LogP contribution in [0.4, 0.5) is 9.18 Å². The molecular weight excluding hydrogens is 317 g/mol. The summed E-state index contributed by atoms with van der Waals surface area (Å²) in [5.74, 6) is 0.322. The normalized spacial score (nSPS) is 26.1. The summed E-state index contributed by atoms with van der Waals surface area (Å²) in [6.45, 7) is 0.379. The van der Waals surface area contributed by atoms with Gasteiger partial charge in [-0.2, -0.15) is 0 Å². The summed E-state index contributed by atoms with van der Waals surface area (Å²) in [6.07, 6.45) is 3.21. The summed E-state index contributed by atoms with van der Waals surface area (Å²) in [6, 6.07) is 6.15. The number of thioether (sulfide) groups is 1. The van der Waals surface area contributed by atoms with Crippen molar-refractivity contribution in [2.75, 3.05) is 5.75 Å². The molecule has 3 rings (SSSR count). The van der Waals surface area contributed by atoms with Crippen molar-refractivity contribution in [2.45, 2.75) is 37.2 Å². The summed E-state index contributed by atoms with van der Waals surface area (Å²) in [5, 5.41) is 8.68. The van der Waals surface area contributed by atoms with Gasteiger partial charge in [0.25, 0.3) is 0 Å². The molecule has 7 heteroatoms. The van der Waals surface area contributed by atoms with Crippen molar-refractivity contribution >= 4 is 23.7 Å². The van der Waals surface area contributed by atoms with E-state index in [9.17, 15) is 14.0 Å². The maximum absolute atomic E-state index is 12.8. The van der Waals surface area contributed by atoms with Crippen molar-refractivity contribution < 1.29 is 14.0 Å². The standard InChI is InChI=1S/C16H20FN3O2S/c17-11-6-4-10(5-7-11)8-18-14(21)9-23-15-12-2-1-3-13(12)19-16(22)20-15/h4-7,12-13,15H,1-3,8-9H2,(H,18,21)(H2,19,20,22). The topological polar surface area (TPSA) is 70.2 Å². The largest absolute Gasteiger partial charge is 0.351 e. The molecule has 3 amide bonds. The maximum Gasteiger partial charge on any atom is 0.315 e. The number of halogens is 1. The molecule has 0 spiro atoms. The number of benzene rings is 1. The average Bonchev–Trinajstić information content (AvgIpc) is 3.00. The van der Waals surface area contributed by atoms with Crippen LogP contribution in [0.25, 0.3) is 0 Å². The van der Waals surface area contributed by atoms with Gasteiger partial charge in [-0.15, -0.1) is 11.8 Å². The molecule has 0 bridgehead atoms. The van der Waals surface area contributed by atoms with Gasteiger partial charge in [-0.25, -0.2) is 9.18 Å². The first-order chi connectivity index (χ1) is 11.1. The fourth-order valence-corrected chi connectivity index (χ4v) is 4.36. The molecule has 3 unspecified atom stereocenters. The number of nitrogens with one attached hydrogen (secondary N) is 3. The van der Waals surface area contributed by atoms with Gasteiger partial charge in [-0.3, -0.25) is 4.79 Å². The van der Waals surface area contributed by atoms with Gasteiger partial charge in [-0.1, -0.05) is 18.6 Å². The van der Waals surface area contributed by atoms with Gasteiger partial charge in [0.2, 0.25) is 5.91 Å². The average molecular weight is 337 g/mol. The lowest BCUT2D eigenvalue weighted by molar-refractivity contribution is -0.118. The van der Waals surface area contributed by atoms with Crippen molar-refractivity contribution in [1.82, 2.24) is 16.0 Å². The van der Waals surface area contributed by atoms with E-state index in [1.165, 1.54) is 23.9 Å². The summed E-state index contributed by atoms with van der Waals surface area (Å²) in [5.41, 5.74) is 0.857. The first kappa shape index (κ1) is 16.1. The zero-order valence-corrected chi connectivity index (χ0v) is 13.5. The third-order valence-electron chi connectivity index (χ3n) is 4.35. The molecule has 5 nitrogen and oxygen atoms in total. The van der Waals surface area contributed by atoms with Crippen LogP contribution in [-0.2, 0) is 11.3 Å². The van der Waals surface area contributed by atoms with Crippen LogP contribution in [-0.4, -0.2) is 29.1 Å². The second-order valence-electron chi connectivity index (χ2n) is 5.95. The Hall–Kier alpha value is -1.76. The number of hydrogen-bond acceptors (Lipinski definition) is 3. The number of amides is 3. The molecule has 1 aliphatic carbocycles. The molecule has 0 aromatic heterocycles. The van der Waals surface area contributed by atoms with Crippen LogP contribution in [0.15, 0.2) is 24.3 Å². The predicted molar refractivity (Wildman–Crippen MR) is 87.3 cm³/mol. The minimum Gasteiger partial charge on any atom is -0.351 e. The van der Waals surface area contributed by atoms with E-state index < -0.39 is 0 Å². The van der Waals surface area contributed by atoms with E-state index in [-0.39, 0.29) is 29.2 Å². The van der Waals surface area contributed by atoms with Crippen LogP contribution in [0.5, 0.6) is 0 Å². The Morgan fingerprint density at radius 2 is 2.04 bits per heavy atom. The van der Waals surface area contributed by atoms with Crippen LogP contribution in [0.1, 0.15) is 24.8 Å². The first-order valence-corrected chi connectivity index (χ1v) is 8.86. The minimum atomic E-state index is -0.289. The molecule has 2 fully saturated rings. The molecule has 124 valence electrons. The van der Waals surface area contributed by atoms with Gasteiger partial charge < -0.3 is 16.0 Å². The molecule has 1 saturated carbocycles. The third-order valence-corrected chi connectivity index (χ3v) is 5.60. The van der Waals surface area contributed by atoms with E-state index in [2.05, 4.69) is 16.0 Å². The molecule has 3 N–H and O–H groups in total. The number of carbonyl (C=O) groups excluding carboxylic acids is 2. The summed E-state index contributed by atoms with van der Waals surface area (Å²) >= 11 is 1.48. The highest BCUT2D eigenvalue weighted by molar-refractivity contribution is 8.00. The van der Waals surface area contributed by atoms with Crippen LogP contribution < -0.4 is 16.0 Å². The van der Waals surface area contributed by atoms with Gasteiger partial charge in [0, 0.05) is 18.5 Å². The van der Waals surface area contributed by atoms with Crippen molar-refractivity contribution in [3.63, 3.8) is 0 Å². The lowest BCUT2D eigenvalue weighted by atomic mass is 10.0. The van der Waals surface area contributed by atoms with Crippen LogP contribution in [0, 0.1) is 11.7 Å². The highest BCUT2D eigenvalue weighted by Crippen LogP contribution is 2.35. The Kier molecular flexibility index (Phi) is 5.05. The van der Waals surface area contributed by atoms with Crippen LogP contribution in [0.2, 0.25) is 0 Å². The monoisotopic (exact) mass is 337 g/mol. The highest BCUT2D eigenvalue weighted by Gasteiger charge is 2.39. The van der Waals surface area contributed by atoms with Gasteiger partial charge >= 0.3 is 6.03 Å². The number of fused-ring (bicyclic) bond motifs is 1. The Morgan fingerprint density at radius 3 is 2.83 bits per heavy atom.